The minimum atomic E-state index is -0.180. The molecule has 4 aliphatic rings. The fourth-order valence-corrected chi connectivity index (χ4v) is 4.60. The molecule has 0 radical (unpaired) electrons. The van der Waals surface area contributed by atoms with E-state index in [9.17, 15) is 9.18 Å². The molecule has 1 aromatic carbocycles. The van der Waals surface area contributed by atoms with E-state index in [4.69, 9.17) is 0 Å². The van der Waals surface area contributed by atoms with Crippen LogP contribution in [0.5, 0.6) is 0 Å². The van der Waals surface area contributed by atoms with Crippen LogP contribution in [0.1, 0.15) is 31.2 Å². The summed E-state index contributed by atoms with van der Waals surface area (Å²) in [6.07, 6.45) is 5.05. The number of fused-ring (bicyclic) bond motifs is 3. The predicted octanol–water partition coefficient (Wildman–Crippen LogP) is 2.04. The van der Waals surface area contributed by atoms with Crippen LogP contribution in [0, 0.1) is 11.2 Å². The summed E-state index contributed by atoms with van der Waals surface area (Å²) in [7, 11) is 0. The van der Waals surface area contributed by atoms with E-state index < -0.39 is 0 Å². The lowest BCUT2D eigenvalue weighted by Crippen LogP contribution is -2.56. The van der Waals surface area contributed by atoms with E-state index in [2.05, 4.69) is 15.1 Å². The Balaban J connectivity index is 1.25. The molecule has 1 unspecified atom stereocenters. The number of piperidine rings is 3. The second-order valence-corrected chi connectivity index (χ2v) is 8.01. The van der Waals surface area contributed by atoms with Gasteiger partial charge in [0, 0.05) is 25.7 Å². The third-order valence-corrected chi connectivity index (χ3v) is 6.44. The first kappa shape index (κ1) is 17.0. The number of hydrogen-bond acceptors (Lipinski definition) is 3. The van der Waals surface area contributed by atoms with E-state index in [1.54, 1.807) is 0 Å². The second kappa shape index (κ2) is 7.04. The van der Waals surface area contributed by atoms with Crippen LogP contribution in [-0.4, -0.2) is 61.0 Å². The molecule has 0 aromatic heterocycles. The Kier molecular flexibility index (Phi) is 4.78. The van der Waals surface area contributed by atoms with Crippen molar-refractivity contribution in [3.8, 4) is 0 Å². The van der Waals surface area contributed by atoms with Crippen molar-refractivity contribution >= 4 is 5.91 Å². The third-order valence-electron chi connectivity index (χ3n) is 6.44. The van der Waals surface area contributed by atoms with Crippen molar-refractivity contribution in [2.45, 2.75) is 38.1 Å². The molecule has 1 amide bonds. The Bertz CT molecular complexity index is 596. The number of benzene rings is 1. The zero-order valence-corrected chi connectivity index (χ0v) is 14.8. The summed E-state index contributed by atoms with van der Waals surface area (Å²) < 4.78 is 13.0. The molecule has 5 rings (SSSR count). The monoisotopic (exact) mass is 345 g/mol. The molecule has 4 heterocycles. The second-order valence-electron chi connectivity index (χ2n) is 8.01. The SMILES string of the molecule is O=C(NC1CCN(CCc2ccc(F)cc2)C1)C12CCN(CC1)CC2. The smallest absolute Gasteiger partial charge is 0.226 e. The molecular formula is C20H28FN3O. The van der Waals surface area contributed by atoms with Crippen molar-refractivity contribution in [1.82, 2.24) is 15.1 Å². The van der Waals surface area contributed by atoms with Gasteiger partial charge in [-0.15, -0.1) is 0 Å². The predicted molar refractivity (Wildman–Crippen MR) is 95.8 cm³/mol. The van der Waals surface area contributed by atoms with E-state index in [1.807, 2.05) is 12.1 Å². The van der Waals surface area contributed by atoms with Gasteiger partial charge in [-0.25, -0.2) is 4.39 Å². The molecule has 5 heteroatoms. The fourth-order valence-electron chi connectivity index (χ4n) is 4.60. The maximum atomic E-state index is 13.0. The van der Waals surface area contributed by atoms with Crippen molar-refractivity contribution in [1.29, 1.82) is 0 Å². The van der Waals surface area contributed by atoms with Gasteiger partial charge in [-0.1, -0.05) is 12.1 Å². The summed E-state index contributed by atoms with van der Waals surface area (Å²) in [6, 6.07) is 7.06. The zero-order valence-electron chi connectivity index (χ0n) is 14.8. The van der Waals surface area contributed by atoms with Gasteiger partial charge in [0.05, 0.1) is 5.41 Å². The molecule has 1 N–H and O–H groups in total. The number of hydrogen-bond donors (Lipinski definition) is 1. The average Bonchev–Trinajstić information content (AvgIpc) is 3.10. The summed E-state index contributed by atoms with van der Waals surface area (Å²) in [4.78, 5) is 17.8. The molecule has 1 atom stereocenters. The zero-order chi connectivity index (χ0) is 17.3. The first-order valence-electron chi connectivity index (χ1n) is 9.63. The van der Waals surface area contributed by atoms with Crippen molar-refractivity contribution in [2.75, 3.05) is 39.3 Å². The summed E-state index contributed by atoms with van der Waals surface area (Å²) in [6.45, 7) is 6.20. The van der Waals surface area contributed by atoms with E-state index in [0.717, 1.165) is 71.4 Å². The Labute approximate surface area is 149 Å². The average molecular weight is 345 g/mol. The summed E-state index contributed by atoms with van der Waals surface area (Å²) >= 11 is 0. The van der Waals surface area contributed by atoms with Crippen LogP contribution in [0.2, 0.25) is 0 Å². The molecular weight excluding hydrogens is 317 g/mol. The van der Waals surface area contributed by atoms with Crippen molar-refractivity contribution in [3.63, 3.8) is 0 Å². The third kappa shape index (κ3) is 3.72. The number of carbonyl (C=O) groups excluding carboxylic acids is 1. The van der Waals surface area contributed by atoms with Gasteiger partial charge in [0.1, 0.15) is 5.82 Å². The molecule has 4 aliphatic heterocycles. The molecule has 0 aliphatic carbocycles. The highest BCUT2D eigenvalue weighted by Gasteiger charge is 2.45. The molecule has 4 fully saturated rings. The number of amides is 1. The van der Waals surface area contributed by atoms with Gasteiger partial charge in [0.15, 0.2) is 0 Å². The number of nitrogens with zero attached hydrogens (tertiary/aromatic N) is 2. The quantitative estimate of drug-likeness (QED) is 0.887. The maximum absolute atomic E-state index is 13.0. The Morgan fingerprint density at radius 2 is 1.80 bits per heavy atom. The molecule has 25 heavy (non-hydrogen) atoms. The molecule has 4 saturated heterocycles. The van der Waals surface area contributed by atoms with Gasteiger partial charge >= 0.3 is 0 Å². The standard InChI is InChI=1S/C20H28FN3O/c21-17-3-1-16(2-4-17)5-10-24-11-6-18(15-24)22-19(25)20-7-12-23(13-8-20)14-9-20/h1-4,18H,5-15H2,(H,22,25). The van der Waals surface area contributed by atoms with E-state index in [1.165, 1.54) is 17.7 Å². The summed E-state index contributed by atoms with van der Waals surface area (Å²) in [5, 5.41) is 3.35. The molecule has 4 nitrogen and oxygen atoms in total. The number of rotatable bonds is 5. The highest BCUT2D eigenvalue weighted by molar-refractivity contribution is 5.83. The van der Waals surface area contributed by atoms with Crippen LogP contribution < -0.4 is 5.32 Å². The first-order valence-corrected chi connectivity index (χ1v) is 9.63. The van der Waals surface area contributed by atoms with E-state index in [-0.39, 0.29) is 17.3 Å². The van der Waals surface area contributed by atoms with Gasteiger partial charge in [0.2, 0.25) is 5.91 Å². The van der Waals surface area contributed by atoms with Gasteiger partial charge < -0.3 is 15.1 Å². The highest BCUT2D eigenvalue weighted by atomic mass is 19.1. The lowest BCUT2D eigenvalue weighted by Gasteiger charge is -2.47. The Hall–Kier alpha value is -1.46. The normalized spacial score (nSPS) is 32.0. The number of carbonyl (C=O) groups is 1. The Morgan fingerprint density at radius 3 is 2.48 bits per heavy atom. The van der Waals surface area contributed by atoms with Crippen LogP contribution >= 0.6 is 0 Å². The van der Waals surface area contributed by atoms with Crippen molar-refractivity contribution in [2.24, 2.45) is 5.41 Å². The topological polar surface area (TPSA) is 35.6 Å². The molecule has 0 spiro atoms. The molecule has 136 valence electrons. The van der Waals surface area contributed by atoms with Crippen molar-refractivity contribution < 1.29 is 9.18 Å². The number of likely N-dealkylation sites (tertiary alicyclic amines) is 1. The lowest BCUT2D eigenvalue weighted by molar-refractivity contribution is -0.138. The van der Waals surface area contributed by atoms with E-state index in [0.29, 0.717) is 5.91 Å². The largest absolute Gasteiger partial charge is 0.352 e. The van der Waals surface area contributed by atoms with Crippen LogP contribution in [0.25, 0.3) is 0 Å². The van der Waals surface area contributed by atoms with Crippen LogP contribution in [-0.2, 0) is 11.2 Å². The molecule has 0 saturated carbocycles. The van der Waals surface area contributed by atoms with Crippen LogP contribution in [0.3, 0.4) is 0 Å². The van der Waals surface area contributed by atoms with Gasteiger partial charge in [0.25, 0.3) is 0 Å². The fraction of sp³-hybridized carbons (Fsp3) is 0.650. The minimum absolute atomic E-state index is 0.0870. The number of halogens is 1. The lowest BCUT2D eigenvalue weighted by atomic mass is 9.71. The Morgan fingerprint density at radius 1 is 1.12 bits per heavy atom. The summed E-state index contributed by atoms with van der Waals surface area (Å²) in [5.41, 5.74) is 1.08. The van der Waals surface area contributed by atoms with Gasteiger partial charge in [-0.05, 0) is 69.4 Å². The van der Waals surface area contributed by atoms with Gasteiger partial charge in [-0.3, -0.25) is 4.79 Å². The number of nitrogens with one attached hydrogen (secondary N) is 1. The van der Waals surface area contributed by atoms with Crippen LogP contribution in [0.15, 0.2) is 24.3 Å². The molecule has 2 bridgehead atoms. The maximum Gasteiger partial charge on any atom is 0.226 e. The van der Waals surface area contributed by atoms with E-state index >= 15 is 0 Å². The first-order chi connectivity index (χ1) is 12.1. The summed E-state index contributed by atoms with van der Waals surface area (Å²) in [5.74, 6) is 0.123. The molecule has 1 aromatic rings. The van der Waals surface area contributed by atoms with Crippen LogP contribution in [0.4, 0.5) is 4.39 Å². The van der Waals surface area contributed by atoms with Gasteiger partial charge in [-0.2, -0.15) is 0 Å². The van der Waals surface area contributed by atoms with Crippen molar-refractivity contribution in [3.05, 3.63) is 35.6 Å². The highest BCUT2D eigenvalue weighted by Crippen LogP contribution is 2.40. The minimum Gasteiger partial charge on any atom is -0.352 e.